The van der Waals surface area contributed by atoms with Crippen molar-refractivity contribution in [3.8, 4) is 0 Å². The van der Waals surface area contributed by atoms with Gasteiger partial charge in [-0.2, -0.15) is 0 Å². The Morgan fingerprint density at radius 3 is 2.33 bits per heavy atom. The van der Waals surface area contributed by atoms with Crippen molar-refractivity contribution < 1.29 is 19.2 Å². The molecule has 0 radical (unpaired) electrons. The molecule has 136 valence electrons. The minimum Gasteiger partial charge on any atom is -0.388 e. The summed E-state index contributed by atoms with van der Waals surface area (Å²) in [6, 6.07) is 17.1. The molecule has 2 N–H and O–H groups in total. The molecule has 0 aromatic heterocycles. The van der Waals surface area contributed by atoms with E-state index < -0.39 is 22.9 Å². The average Bonchev–Trinajstić information content (AvgIpc) is 2.67. The summed E-state index contributed by atoms with van der Waals surface area (Å²) in [6.07, 6.45) is 0.0990. The summed E-state index contributed by atoms with van der Waals surface area (Å²) in [6.45, 7) is 0. The first kappa shape index (κ1) is 18.2. The molecule has 0 amide bonds. The Balaban J connectivity index is 1.64. The van der Waals surface area contributed by atoms with Crippen LogP contribution in [0.4, 0.5) is 5.69 Å². The average molecular weight is 364 g/mol. The van der Waals surface area contributed by atoms with Gasteiger partial charge in [0.05, 0.1) is 10.5 Å². The van der Waals surface area contributed by atoms with E-state index in [2.05, 4.69) is 0 Å². The second-order valence-electron chi connectivity index (χ2n) is 6.00. The van der Waals surface area contributed by atoms with Crippen LogP contribution < -0.4 is 5.73 Å². The van der Waals surface area contributed by atoms with Crippen molar-refractivity contribution in [2.75, 3.05) is 0 Å². The lowest BCUT2D eigenvalue weighted by Crippen LogP contribution is -2.35. The monoisotopic (exact) mass is 364 g/mol. The number of nitro benzene ring substituents is 1. The summed E-state index contributed by atoms with van der Waals surface area (Å²) in [5.41, 5.74) is 6.63. The van der Waals surface area contributed by atoms with E-state index in [0.717, 1.165) is 10.8 Å². The van der Waals surface area contributed by atoms with Crippen molar-refractivity contribution in [1.82, 2.24) is 0 Å². The van der Waals surface area contributed by atoms with Crippen LogP contribution in [0.25, 0.3) is 10.8 Å². The standard InChI is InChI=1S/C20H16N2O5/c21-18(11-13-5-9-17(10-6-13)22(25)26)20(24)27-19(23)16-8-7-14-3-1-2-4-15(14)12-16/h1-10,12,18H,11,21H2/t18-/m0/s1. The van der Waals surface area contributed by atoms with Gasteiger partial charge in [0.15, 0.2) is 0 Å². The molecular weight excluding hydrogens is 348 g/mol. The Morgan fingerprint density at radius 2 is 1.67 bits per heavy atom. The molecule has 0 bridgehead atoms. The fourth-order valence-corrected chi connectivity index (χ4v) is 2.63. The maximum Gasteiger partial charge on any atom is 0.345 e. The number of carbonyl (C=O) groups excluding carboxylic acids is 2. The number of esters is 2. The fourth-order valence-electron chi connectivity index (χ4n) is 2.63. The molecule has 3 aromatic rings. The highest BCUT2D eigenvalue weighted by atomic mass is 16.6. The fraction of sp³-hybridized carbons (Fsp3) is 0.100. The number of non-ortho nitro benzene ring substituents is 1. The molecule has 0 fully saturated rings. The zero-order chi connectivity index (χ0) is 19.4. The molecule has 0 heterocycles. The number of hydrogen-bond acceptors (Lipinski definition) is 6. The maximum atomic E-state index is 12.2. The summed E-state index contributed by atoms with van der Waals surface area (Å²) in [4.78, 5) is 34.4. The lowest BCUT2D eigenvalue weighted by atomic mass is 10.1. The predicted molar refractivity (Wildman–Crippen MR) is 99.1 cm³/mol. The first-order valence-electron chi connectivity index (χ1n) is 8.18. The Bertz CT molecular complexity index is 1010. The van der Waals surface area contributed by atoms with Crippen LogP contribution in [0.3, 0.4) is 0 Å². The van der Waals surface area contributed by atoms with Crippen LogP contribution >= 0.6 is 0 Å². The number of benzene rings is 3. The second-order valence-corrected chi connectivity index (χ2v) is 6.00. The first-order valence-corrected chi connectivity index (χ1v) is 8.18. The number of nitro groups is 1. The van der Waals surface area contributed by atoms with Gasteiger partial charge in [0.25, 0.3) is 5.69 Å². The van der Waals surface area contributed by atoms with Crippen LogP contribution in [-0.4, -0.2) is 22.9 Å². The normalized spacial score (nSPS) is 11.7. The van der Waals surface area contributed by atoms with Crippen LogP contribution in [0, 0.1) is 10.1 Å². The molecule has 27 heavy (non-hydrogen) atoms. The highest BCUT2D eigenvalue weighted by Crippen LogP contribution is 2.17. The third kappa shape index (κ3) is 4.34. The molecule has 3 rings (SSSR count). The molecule has 7 nitrogen and oxygen atoms in total. The first-order chi connectivity index (χ1) is 12.9. The lowest BCUT2D eigenvalue weighted by Gasteiger charge is -2.11. The molecule has 3 aromatic carbocycles. The number of ether oxygens (including phenoxy) is 1. The zero-order valence-electron chi connectivity index (χ0n) is 14.2. The van der Waals surface area contributed by atoms with E-state index in [1.165, 1.54) is 24.3 Å². The number of fused-ring (bicyclic) bond motifs is 1. The SMILES string of the molecule is N[C@@H](Cc1ccc([N+](=O)[O-])cc1)C(=O)OC(=O)c1ccc2ccccc2c1. The van der Waals surface area contributed by atoms with Gasteiger partial charge in [0.1, 0.15) is 6.04 Å². The minimum absolute atomic E-state index is 0.0543. The Labute approximate surface area is 154 Å². The smallest absolute Gasteiger partial charge is 0.345 e. The highest BCUT2D eigenvalue weighted by molar-refractivity contribution is 6.00. The number of carbonyl (C=O) groups is 2. The van der Waals surface area contributed by atoms with Crippen molar-refractivity contribution in [1.29, 1.82) is 0 Å². The van der Waals surface area contributed by atoms with E-state index in [4.69, 9.17) is 10.5 Å². The minimum atomic E-state index is -1.06. The van der Waals surface area contributed by atoms with Gasteiger partial charge in [0, 0.05) is 12.1 Å². The van der Waals surface area contributed by atoms with Gasteiger partial charge in [-0.05, 0) is 34.9 Å². The van der Waals surface area contributed by atoms with E-state index in [1.54, 1.807) is 18.2 Å². The topological polar surface area (TPSA) is 113 Å². The van der Waals surface area contributed by atoms with Crippen LogP contribution in [0.2, 0.25) is 0 Å². The molecule has 0 aliphatic carbocycles. The van der Waals surface area contributed by atoms with Gasteiger partial charge < -0.3 is 10.5 Å². The summed E-state index contributed by atoms with van der Waals surface area (Å²) >= 11 is 0. The summed E-state index contributed by atoms with van der Waals surface area (Å²) in [5, 5.41) is 12.5. The Hall–Kier alpha value is -3.58. The van der Waals surface area contributed by atoms with E-state index >= 15 is 0 Å². The van der Waals surface area contributed by atoms with Crippen LogP contribution in [-0.2, 0) is 16.0 Å². The predicted octanol–water partition coefficient (Wildman–Crippen LogP) is 3.00. The molecule has 0 saturated heterocycles. The Morgan fingerprint density at radius 1 is 1.00 bits per heavy atom. The van der Waals surface area contributed by atoms with Gasteiger partial charge in [0.2, 0.25) is 0 Å². The maximum absolute atomic E-state index is 12.2. The van der Waals surface area contributed by atoms with Crippen molar-refractivity contribution in [2.45, 2.75) is 12.5 Å². The molecule has 0 aliphatic heterocycles. The van der Waals surface area contributed by atoms with E-state index in [9.17, 15) is 19.7 Å². The third-order valence-electron chi connectivity index (χ3n) is 4.08. The van der Waals surface area contributed by atoms with Crippen molar-refractivity contribution in [3.05, 3.63) is 88.0 Å². The quantitative estimate of drug-likeness (QED) is 0.322. The van der Waals surface area contributed by atoms with Crippen LogP contribution in [0.5, 0.6) is 0 Å². The molecule has 0 spiro atoms. The van der Waals surface area contributed by atoms with Crippen molar-refractivity contribution >= 4 is 28.4 Å². The second kappa shape index (κ2) is 7.76. The van der Waals surface area contributed by atoms with Crippen molar-refractivity contribution in [2.24, 2.45) is 5.73 Å². The molecule has 7 heteroatoms. The van der Waals surface area contributed by atoms with Gasteiger partial charge in [-0.25, -0.2) is 9.59 Å². The van der Waals surface area contributed by atoms with Gasteiger partial charge >= 0.3 is 11.9 Å². The largest absolute Gasteiger partial charge is 0.388 e. The van der Waals surface area contributed by atoms with Crippen LogP contribution in [0.15, 0.2) is 66.7 Å². The summed E-state index contributed by atoms with van der Waals surface area (Å²) in [7, 11) is 0. The number of rotatable bonds is 5. The van der Waals surface area contributed by atoms with Gasteiger partial charge in [-0.3, -0.25) is 10.1 Å². The molecule has 0 unspecified atom stereocenters. The van der Waals surface area contributed by atoms with E-state index in [-0.39, 0.29) is 17.7 Å². The number of nitrogens with two attached hydrogens (primary N) is 1. The molecule has 0 saturated carbocycles. The van der Waals surface area contributed by atoms with Gasteiger partial charge in [-0.1, -0.05) is 42.5 Å². The van der Waals surface area contributed by atoms with Crippen LogP contribution in [0.1, 0.15) is 15.9 Å². The van der Waals surface area contributed by atoms with Gasteiger partial charge in [-0.15, -0.1) is 0 Å². The lowest BCUT2D eigenvalue weighted by molar-refractivity contribution is -0.384. The molecule has 0 aliphatic rings. The van der Waals surface area contributed by atoms with Crippen molar-refractivity contribution in [3.63, 3.8) is 0 Å². The van der Waals surface area contributed by atoms with E-state index in [0.29, 0.717) is 5.56 Å². The molecule has 1 atom stereocenters. The summed E-state index contributed by atoms with van der Waals surface area (Å²) < 4.78 is 4.87. The zero-order valence-corrected chi connectivity index (χ0v) is 14.2. The number of hydrogen-bond donors (Lipinski definition) is 1. The third-order valence-corrected chi connectivity index (χ3v) is 4.08. The Kier molecular flexibility index (Phi) is 5.23. The molecular formula is C20H16N2O5. The highest BCUT2D eigenvalue weighted by Gasteiger charge is 2.21. The summed E-state index contributed by atoms with van der Waals surface area (Å²) in [5.74, 6) is -1.63. The van der Waals surface area contributed by atoms with E-state index in [1.807, 2.05) is 24.3 Å². The number of nitrogens with zero attached hydrogens (tertiary/aromatic N) is 1.